The summed E-state index contributed by atoms with van der Waals surface area (Å²) in [7, 11) is 1.44. The summed E-state index contributed by atoms with van der Waals surface area (Å²) in [6.45, 7) is 4.52. The van der Waals surface area contributed by atoms with E-state index >= 15 is 0 Å². The predicted molar refractivity (Wildman–Crippen MR) is 58.3 cm³/mol. The average Bonchev–Trinajstić information content (AvgIpc) is 2.20. The smallest absolute Gasteiger partial charge is 0.308 e. The maximum atomic E-state index is 11.6. The second kappa shape index (κ2) is 4.97. The summed E-state index contributed by atoms with van der Waals surface area (Å²) in [4.78, 5) is 11.6. The zero-order valence-electron chi connectivity index (χ0n) is 9.95. The van der Waals surface area contributed by atoms with Gasteiger partial charge in [-0.05, 0) is 30.6 Å². The monoisotopic (exact) mass is 214 g/mol. The number of ether oxygens (including phenoxy) is 1. The molecular weight excluding hydrogens is 192 g/mol. The van der Waals surface area contributed by atoms with Crippen molar-refractivity contribution in [2.45, 2.75) is 39.5 Å². The zero-order valence-corrected chi connectivity index (χ0v) is 9.95. The van der Waals surface area contributed by atoms with E-state index in [2.05, 4.69) is 13.8 Å². The molecule has 1 fully saturated rings. The van der Waals surface area contributed by atoms with Crippen LogP contribution >= 0.6 is 0 Å². The van der Waals surface area contributed by atoms with Crippen LogP contribution in [0.5, 0.6) is 0 Å². The van der Waals surface area contributed by atoms with E-state index in [1.165, 1.54) is 7.11 Å². The van der Waals surface area contributed by atoms with Gasteiger partial charge in [0, 0.05) is 6.61 Å². The average molecular weight is 214 g/mol. The van der Waals surface area contributed by atoms with Crippen LogP contribution in [0.1, 0.15) is 39.5 Å². The molecular formula is C12H22O3. The minimum Gasteiger partial charge on any atom is -0.469 e. The number of aliphatic hydroxyl groups is 1. The third-order valence-corrected chi connectivity index (χ3v) is 3.77. The van der Waals surface area contributed by atoms with Gasteiger partial charge in [-0.2, -0.15) is 0 Å². The van der Waals surface area contributed by atoms with E-state index in [0.717, 1.165) is 19.3 Å². The molecule has 0 unspecified atom stereocenters. The van der Waals surface area contributed by atoms with Crippen LogP contribution in [0.3, 0.4) is 0 Å². The molecule has 15 heavy (non-hydrogen) atoms. The SMILES string of the molecule is COC(=O)[C@H]1CCCC(C)(C)[C@@H]1CCO. The predicted octanol–water partition coefficient (Wildman–Crippen LogP) is 1.98. The topological polar surface area (TPSA) is 46.5 Å². The molecule has 3 nitrogen and oxygen atoms in total. The molecule has 1 N–H and O–H groups in total. The lowest BCUT2D eigenvalue weighted by atomic mass is 9.62. The Balaban J connectivity index is 2.79. The van der Waals surface area contributed by atoms with Crippen LogP contribution in [0.4, 0.5) is 0 Å². The molecule has 0 saturated heterocycles. The fourth-order valence-electron chi connectivity index (χ4n) is 2.87. The molecule has 2 atom stereocenters. The van der Waals surface area contributed by atoms with Crippen molar-refractivity contribution in [1.82, 2.24) is 0 Å². The number of hydrogen-bond acceptors (Lipinski definition) is 3. The molecule has 0 radical (unpaired) electrons. The zero-order chi connectivity index (χ0) is 11.5. The largest absolute Gasteiger partial charge is 0.469 e. The van der Waals surface area contributed by atoms with Gasteiger partial charge in [-0.3, -0.25) is 4.79 Å². The van der Waals surface area contributed by atoms with Gasteiger partial charge < -0.3 is 9.84 Å². The van der Waals surface area contributed by atoms with Gasteiger partial charge in [-0.25, -0.2) is 0 Å². The molecule has 0 bridgehead atoms. The summed E-state index contributed by atoms with van der Waals surface area (Å²) in [5, 5.41) is 9.07. The first-order valence-electron chi connectivity index (χ1n) is 5.71. The van der Waals surface area contributed by atoms with Crippen LogP contribution in [0.2, 0.25) is 0 Å². The maximum Gasteiger partial charge on any atom is 0.308 e. The highest BCUT2D eigenvalue weighted by atomic mass is 16.5. The minimum atomic E-state index is -0.110. The lowest BCUT2D eigenvalue weighted by molar-refractivity contribution is -0.152. The van der Waals surface area contributed by atoms with E-state index < -0.39 is 0 Å². The Hall–Kier alpha value is -0.570. The third-order valence-electron chi connectivity index (χ3n) is 3.77. The van der Waals surface area contributed by atoms with Gasteiger partial charge in [-0.1, -0.05) is 20.3 Å². The molecule has 0 aromatic carbocycles. The maximum absolute atomic E-state index is 11.6. The summed E-state index contributed by atoms with van der Waals surface area (Å²) >= 11 is 0. The van der Waals surface area contributed by atoms with Gasteiger partial charge in [0.05, 0.1) is 13.0 Å². The summed E-state index contributed by atoms with van der Waals surface area (Å²) in [6.07, 6.45) is 3.81. The van der Waals surface area contributed by atoms with Crippen molar-refractivity contribution in [3.63, 3.8) is 0 Å². The van der Waals surface area contributed by atoms with Gasteiger partial charge in [-0.15, -0.1) is 0 Å². The van der Waals surface area contributed by atoms with Crippen LogP contribution in [0, 0.1) is 17.3 Å². The molecule has 1 aliphatic rings. The second-order valence-corrected chi connectivity index (χ2v) is 5.13. The number of methoxy groups -OCH3 is 1. The molecule has 0 aliphatic heterocycles. The number of hydrogen-bond donors (Lipinski definition) is 1. The minimum absolute atomic E-state index is 0.0223. The number of rotatable bonds is 3. The standard InChI is InChI=1S/C12H22O3/c1-12(2)7-4-5-9(11(14)15-3)10(12)6-8-13/h9-10,13H,4-8H2,1-3H3/t9-,10+/m0/s1. The Morgan fingerprint density at radius 2 is 2.20 bits per heavy atom. The van der Waals surface area contributed by atoms with E-state index in [-0.39, 0.29) is 29.8 Å². The quantitative estimate of drug-likeness (QED) is 0.731. The first kappa shape index (κ1) is 12.5. The third kappa shape index (κ3) is 2.71. The van der Waals surface area contributed by atoms with Gasteiger partial charge in [0.15, 0.2) is 0 Å². The molecule has 1 saturated carbocycles. The van der Waals surface area contributed by atoms with E-state index in [9.17, 15) is 4.79 Å². The normalized spacial score (nSPS) is 29.9. The molecule has 0 heterocycles. The van der Waals surface area contributed by atoms with E-state index in [1.807, 2.05) is 0 Å². The highest BCUT2D eigenvalue weighted by Gasteiger charge is 2.42. The summed E-state index contributed by atoms with van der Waals surface area (Å²) in [6, 6.07) is 0. The Labute approximate surface area is 91.8 Å². The Bertz CT molecular complexity index is 223. The molecule has 88 valence electrons. The van der Waals surface area contributed by atoms with Gasteiger partial charge in [0.1, 0.15) is 0 Å². The number of carbonyl (C=O) groups excluding carboxylic acids is 1. The highest BCUT2D eigenvalue weighted by molar-refractivity contribution is 5.72. The molecule has 0 aromatic rings. The van der Waals surface area contributed by atoms with Crippen LogP contribution in [0.25, 0.3) is 0 Å². The molecule has 0 aromatic heterocycles. The Morgan fingerprint density at radius 3 is 2.73 bits per heavy atom. The highest BCUT2D eigenvalue weighted by Crippen LogP contribution is 2.45. The summed E-state index contributed by atoms with van der Waals surface area (Å²) in [5.41, 5.74) is 0.139. The molecule has 0 spiro atoms. The lowest BCUT2D eigenvalue weighted by Gasteiger charge is -2.42. The van der Waals surface area contributed by atoms with Gasteiger partial charge in [0.25, 0.3) is 0 Å². The van der Waals surface area contributed by atoms with Crippen molar-refractivity contribution >= 4 is 5.97 Å². The molecule has 3 heteroatoms. The number of aliphatic hydroxyl groups excluding tert-OH is 1. The van der Waals surface area contributed by atoms with Crippen LogP contribution in [-0.4, -0.2) is 24.8 Å². The van der Waals surface area contributed by atoms with E-state index in [0.29, 0.717) is 6.42 Å². The first-order chi connectivity index (χ1) is 7.03. The van der Waals surface area contributed by atoms with Crippen LogP contribution in [-0.2, 0) is 9.53 Å². The van der Waals surface area contributed by atoms with Crippen molar-refractivity contribution < 1.29 is 14.6 Å². The van der Waals surface area contributed by atoms with E-state index in [4.69, 9.17) is 9.84 Å². The Kier molecular flexibility index (Phi) is 4.14. The summed E-state index contributed by atoms with van der Waals surface area (Å²) < 4.78 is 4.84. The summed E-state index contributed by atoms with van der Waals surface area (Å²) in [5.74, 6) is 0.121. The van der Waals surface area contributed by atoms with Crippen molar-refractivity contribution in [2.75, 3.05) is 13.7 Å². The second-order valence-electron chi connectivity index (χ2n) is 5.13. The number of carbonyl (C=O) groups is 1. The molecule has 1 aliphatic carbocycles. The lowest BCUT2D eigenvalue weighted by Crippen LogP contribution is -2.39. The van der Waals surface area contributed by atoms with Gasteiger partial charge >= 0.3 is 5.97 Å². The van der Waals surface area contributed by atoms with E-state index in [1.54, 1.807) is 0 Å². The van der Waals surface area contributed by atoms with Crippen molar-refractivity contribution in [3.8, 4) is 0 Å². The van der Waals surface area contributed by atoms with Crippen LogP contribution < -0.4 is 0 Å². The van der Waals surface area contributed by atoms with Crippen molar-refractivity contribution in [1.29, 1.82) is 0 Å². The van der Waals surface area contributed by atoms with Gasteiger partial charge in [0.2, 0.25) is 0 Å². The fraction of sp³-hybridized carbons (Fsp3) is 0.917. The Morgan fingerprint density at radius 1 is 1.53 bits per heavy atom. The van der Waals surface area contributed by atoms with Crippen LogP contribution in [0.15, 0.2) is 0 Å². The first-order valence-corrected chi connectivity index (χ1v) is 5.71. The number of esters is 1. The fourth-order valence-corrected chi connectivity index (χ4v) is 2.87. The molecule has 0 amide bonds. The van der Waals surface area contributed by atoms with Crippen molar-refractivity contribution in [2.24, 2.45) is 17.3 Å². The molecule has 1 rings (SSSR count). The van der Waals surface area contributed by atoms with Crippen molar-refractivity contribution in [3.05, 3.63) is 0 Å².